The van der Waals surface area contributed by atoms with E-state index in [0.717, 1.165) is 48.0 Å². The summed E-state index contributed by atoms with van der Waals surface area (Å²) in [7, 11) is 0. The van der Waals surface area contributed by atoms with E-state index in [0.29, 0.717) is 6.54 Å². The Kier molecular flexibility index (Phi) is 5.86. The zero-order valence-electron chi connectivity index (χ0n) is 14.8. The van der Waals surface area contributed by atoms with Gasteiger partial charge in [0.2, 0.25) is 5.91 Å². The summed E-state index contributed by atoms with van der Waals surface area (Å²) in [5.74, 6) is 2.32. The first-order chi connectivity index (χ1) is 12.0. The summed E-state index contributed by atoms with van der Waals surface area (Å²) in [5, 5.41) is 9.14. The molecule has 0 spiro atoms. The van der Waals surface area contributed by atoms with Crippen LogP contribution in [0.4, 0.5) is 10.5 Å². The van der Waals surface area contributed by atoms with Gasteiger partial charge in [-0.15, -0.1) is 11.8 Å². The van der Waals surface area contributed by atoms with Crippen LogP contribution < -0.4 is 16.0 Å². The van der Waals surface area contributed by atoms with Gasteiger partial charge >= 0.3 is 6.03 Å². The molecule has 7 heteroatoms. The molecule has 0 aliphatic carbocycles. The lowest BCUT2D eigenvalue weighted by Gasteiger charge is -2.19. The zero-order valence-corrected chi connectivity index (χ0v) is 15.6. The van der Waals surface area contributed by atoms with Gasteiger partial charge in [0, 0.05) is 31.1 Å². The second kappa shape index (κ2) is 8.10. The zero-order chi connectivity index (χ0) is 17.8. The predicted molar refractivity (Wildman–Crippen MR) is 102 cm³/mol. The van der Waals surface area contributed by atoms with Crippen molar-refractivity contribution in [3.63, 3.8) is 0 Å². The predicted octanol–water partition coefficient (Wildman–Crippen LogP) is 1.94. The van der Waals surface area contributed by atoms with Crippen molar-refractivity contribution < 1.29 is 9.59 Å². The molecule has 2 unspecified atom stereocenters. The van der Waals surface area contributed by atoms with Crippen LogP contribution in [0.1, 0.15) is 17.5 Å². The molecule has 2 fully saturated rings. The molecule has 3 N–H and O–H groups in total. The quantitative estimate of drug-likeness (QED) is 0.765. The average Bonchev–Trinajstić information content (AvgIpc) is 3.28. The van der Waals surface area contributed by atoms with Gasteiger partial charge in [0.05, 0.1) is 11.9 Å². The minimum Gasteiger partial charge on any atom is -0.338 e. The molecular weight excluding hydrogens is 336 g/mol. The highest BCUT2D eigenvalue weighted by atomic mass is 32.2. The van der Waals surface area contributed by atoms with Gasteiger partial charge in [-0.25, -0.2) is 4.79 Å². The highest BCUT2D eigenvalue weighted by Gasteiger charge is 2.33. The number of carbonyl (C=O) groups is 2. The number of benzene rings is 1. The van der Waals surface area contributed by atoms with Crippen molar-refractivity contribution in [2.75, 3.05) is 36.6 Å². The standard InChI is InChI=1S/C18H26N4O2S/c1-12-4-3-5-15(13(12)2)21-18(24)20-10-14-8-16(19-9-14)17(23)22-6-7-25-11-22/h3-5,14,16,19H,6-11H2,1-2H3,(H2,20,21,24). The van der Waals surface area contributed by atoms with Crippen molar-refractivity contribution in [2.24, 2.45) is 5.92 Å². The fourth-order valence-electron chi connectivity index (χ4n) is 3.25. The van der Waals surface area contributed by atoms with Gasteiger partial charge in [0.25, 0.3) is 0 Å². The Morgan fingerprint density at radius 3 is 2.96 bits per heavy atom. The van der Waals surface area contributed by atoms with Gasteiger partial charge in [-0.05, 0) is 43.4 Å². The van der Waals surface area contributed by atoms with Gasteiger partial charge in [-0.2, -0.15) is 0 Å². The first-order valence-corrected chi connectivity index (χ1v) is 9.91. The lowest BCUT2D eigenvalue weighted by atomic mass is 10.1. The molecule has 2 saturated heterocycles. The second-order valence-electron chi connectivity index (χ2n) is 6.78. The molecular formula is C18H26N4O2S. The largest absolute Gasteiger partial charge is 0.338 e. The summed E-state index contributed by atoms with van der Waals surface area (Å²) in [6, 6.07) is 5.57. The van der Waals surface area contributed by atoms with E-state index in [1.807, 2.05) is 36.9 Å². The Labute approximate surface area is 153 Å². The van der Waals surface area contributed by atoms with Gasteiger partial charge in [0.1, 0.15) is 0 Å². The second-order valence-corrected chi connectivity index (χ2v) is 7.86. The van der Waals surface area contributed by atoms with E-state index in [1.165, 1.54) is 0 Å². The van der Waals surface area contributed by atoms with E-state index in [1.54, 1.807) is 11.8 Å². The number of thioether (sulfide) groups is 1. The molecule has 2 atom stereocenters. The molecule has 3 rings (SSSR count). The summed E-state index contributed by atoms with van der Waals surface area (Å²) in [6.07, 6.45) is 0.782. The number of nitrogens with one attached hydrogen (secondary N) is 3. The molecule has 25 heavy (non-hydrogen) atoms. The van der Waals surface area contributed by atoms with Gasteiger partial charge < -0.3 is 20.9 Å². The smallest absolute Gasteiger partial charge is 0.319 e. The van der Waals surface area contributed by atoms with Gasteiger partial charge in [-0.1, -0.05) is 12.1 Å². The summed E-state index contributed by atoms with van der Waals surface area (Å²) in [6.45, 7) is 6.21. The Balaban J connectivity index is 1.43. The first kappa shape index (κ1) is 18.1. The number of rotatable bonds is 4. The molecule has 136 valence electrons. The van der Waals surface area contributed by atoms with Crippen LogP contribution in [0.5, 0.6) is 0 Å². The monoisotopic (exact) mass is 362 g/mol. The number of carbonyl (C=O) groups excluding carboxylic acids is 2. The Morgan fingerprint density at radius 2 is 2.20 bits per heavy atom. The Morgan fingerprint density at radius 1 is 1.36 bits per heavy atom. The van der Waals surface area contributed by atoms with Crippen LogP contribution in [0.15, 0.2) is 18.2 Å². The number of hydrogen-bond acceptors (Lipinski definition) is 4. The number of urea groups is 1. The van der Waals surface area contributed by atoms with Crippen LogP contribution in [0.3, 0.4) is 0 Å². The Bertz CT molecular complexity index is 646. The number of amides is 3. The highest BCUT2D eigenvalue weighted by Crippen LogP contribution is 2.20. The highest BCUT2D eigenvalue weighted by molar-refractivity contribution is 7.99. The van der Waals surface area contributed by atoms with E-state index in [4.69, 9.17) is 0 Å². The maximum atomic E-state index is 12.4. The van der Waals surface area contributed by atoms with Crippen LogP contribution in [-0.4, -0.2) is 54.1 Å². The third-order valence-corrected chi connectivity index (χ3v) is 5.95. The van der Waals surface area contributed by atoms with Crippen molar-refractivity contribution in [3.05, 3.63) is 29.3 Å². The van der Waals surface area contributed by atoms with Crippen LogP contribution in [-0.2, 0) is 4.79 Å². The lowest BCUT2D eigenvalue weighted by Crippen LogP contribution is -2.42. The average molecular weight is 362 g/mol. The molecule has 0 aromatic heterocycles. The van der Waals surface area contributed by atoms with Crippen LogP contribution in [0.25, 0.3) is 0 Å². The third kappa shape index (κ3) is 4.46. The number of anilines is 1. The fourth-order valence-corrected chi connectivity index (χ4v) is 4.21. The molecule has 0 bridgehead atoms. The first-order valence-electron chi connectivity index (χ1n) is 8.75. The minimum absolute atomic E-state index is 0.104. The fraction of sp³-hybridized carbons (Fsp3) is 0.556. The normalized spacial score (nSPS) is 22.9. The van der Waals surface area contributed by atoms with Crippen molar-refractivity contribution >= 4 is 29.4 Å². The summed E-state index contributed by atoms with van der Waals surface area (Å²) >= 11 is 1.80. The lowest BCUT2D eigenvalue weighted by molar-refractivity contribution is -0.131. The van der Waals surface area contributed by atoms with Gasteiger partial charge in [0.15, 0.2) is 0 Å². The molecule has 2 heterocycles. The SMILES string of the molecule is Cc1cccc(NC(=O)NCC2CNC(C(=O)N3CCSC3)C2)c1C. The van der Waals surface area contributed by atoms with Crippen molar-refractivity contribution in [1.82, 2.24) is 15.5 Å². The maximum absolute atomic E-state index is 12.4. The van der Waals surface area contributed by atoms with E-state index in [2.05, 4.69) is 16.0 Å². The van der Waals surface area contributed by atoms with E-state index < -0.39 is 0 Å². The van der Waals surface area contributed by atoms with E-state index in [9.17, 15) is 9.59 Å². The molecule has 3 amide bonds. The van der Waals surface area contributed by atoms with Crippen LogP contribution in [0.2, 0.25) is 0 Å². The summed E-state index contributed by atoms with van der Waals surface area (Å²) in [5.41, 5.74) is 3.06. The maximum Gasteiger partial charge on any atom is 0.319 e. The molecule has 2 aliphatic rings. The molecule has 0 saturated carbocycles. The molecule has 1 aromatic carbocycles. The van der Waals surface area contributed by atoms with E-state index >= 15 is 0 Å². The molecule has 0 radical (unpaired) electrons. The van der Waals surface area contributed by atoms with Crippen molar-refractivity contribution in [2.45, 2.75) is 26.3 Å². The number of aryl methyl sites for hydroxylation is 1. The van der Waals surface area contributed by atoms with Crippen molar-refractivity contribution in [3.8, 4) is 0 Å². The molecule has 1 aromatic rings. The third-order valence-electron chi connectivity index (χ3n) is 4.99. The van der Waals surface area contributed by atoms with Crippen LogP contribution in [0, 0.1) is 19.8 Å². The van der Waals surface area contributed by atoms with Crippen molar-refractivity contribution in [1.29, 1.82) is 0 Å². The summed E-state index contributed by atoms with van der Waals surface area (Å²) in [4.78, 5) is 26.5. The van der Waals surface area contributed by atoms with E-state index in [-0.39, 0.29) is 23.9 Å². The van der Waals surface area contributed by atoms with Gasteiger partial charge in [-0.3, -0.25) is 4.79 Å². The number of hydrogen-bond donors (Lipinski definition) is 3. The molecule has 6 nitrogen and oxygen atoms in total. The number of nitrogens with zero attached hydrogens (tertiary/aromatic N) is 1. The summed E-state index contributed by atoms with van der Waals surface area (Å²) < 4.78 is 0. The van der Waals surface area contributed by atoms with Crippen LogP contribution >= 0.6 is 11.8 Å². The minimum atomic E-state index is -0.195. The Hall–Kier alpha value is -1.73. The molecule has 2 aliphatic heterocycles. The topological polar surface area (TPSA) is 73.5 Å².